The monoisotopic (exact) mass is 274 g/mol. The third-order valence-electron chi connectivity index (χ3n) is 3.95. The summed E-state index contributed by atoms with van der Waals surface area (Å²) in [7, 11) is 1.91. The minimum Gasteiger partial charge on any atom is -0.313 e. The first-order chi connectivity index (χ1) is 9.86. The summed E-state index contributed by atoms with van der Waals surface area (Å²) in [4.78, 5) is 4.25. The highest BCUT2D eigenvalue weighted by atomic mass is 15.4. The van der Waals surface area contributed by atoms with E-state index in [-0.39, 0.29) is 0 Å². The van der Waals surface area contributed by atoms with Gasteiger partial charge < -0.3 is 5.32 Å². The average molecular weight is 274 g/mol. The zero-order valence-electron chi connectivity index (χ0n) is 12.0. The van der Waals surface area contributed by atoms with Gasteiger partial charge in [-0.15, -0.1) is 0 Å². The summed E-state index contributed by atoms with van der Waals surface area (Å²) in [6, 6.07) is 2.68. The number of nitrogens with zero attached hydrogens (tertiary/aromatic N) is 5. The summed E-state index contributed by atoms with van der Waals surface area (Å²) in [5.41, 5.74) is 1.05. The second kappa shape index (κ2) is 6.17. The second-order valence-corrected chi connectivity index (χ2v) is 5.44. The van der Waals surface area contributed by atoms with E-state index < -0.39 is 0 Å². The summed E-state index contributed by atoms with van der Waals surface area (Å²) in [6.45, 7) is 1.42. The summed E-state index contributed by atoms with van der Waals surface area (Å²) in [6.07, 6.45) is 10.3. The molecule has 0 spiro atoms. The quantitative estimate of drug-likeness (QED) is 0.902. The molecule has 0 bridgehead atoms. The molecule has 0 atom stereocenters. The van der Waals surface area contributed by atoms with Crippen LogP contribution in [0.25, 0.3) is 0 Å². The van der Waals surface area contributed by atoms with Crippen LogP contribution in [0.5, 0.6) is 0 Å². The molecule has 1 aliphatic carbocycles. The Labute approximate surface area is 119 Å². The molecule has 108 valence electrons. The van der Waals surface area contributed by atoms with Gasteiger partial charge in [0.15, 0.2) is 0 Å². The van der Waals surface area contributed by atoms with E-state index in [0.29, 0.717) is 12.6 Å². The van der Waals surface area contributed by atoms with Gasteiger partial charge in [-0.2, -0.15) is 10.2 Å². The normalized spacial score (nSPS) is 16.6. The number of rotatable bonds is 5. The van der Waals surface area contributed by atoms with Crippen molar-refractivity contribution < 1.29 is 0 Å². The van der Waals surface area contributed by atoms with E-state index in [9.17, 15) is 0 Å². The Bertz CT molecular complexity index is 537. The third kappa shape index (κ3) is 2.90. The van der Waals surface area contributed by atoms with Gasteiger partial charge in [-0.1, -0.05) is 19.3 Å². The summed E-state index contributed by atoms with van der Waals surface area (Å²) in [5, 5.41) is 12.1. The molecular weight excluding hydrogens is 252 g/mol. The van der Waals surface area contributed by atoms with Crippen molar-refractivity contribution in [1.82, 2.24) is 29.9 Å². The highest BCUT2D eigenvalue weighted by Crippen LogP contribution is 2.27. The van der Waals surface area contributed by atoms with Gasteiger partial charge in [0.25, 0.3) is 0 Å². The Kier molecular flexibility index (Phi) is 4.11. The lowest BCUT2D eigenvalue weighted by molar-refractivity contribution is 0.327. The van der Waals surface area contributed by atoms with Gasteiger partial charge in [0.05, 0.1) is 24.8 Å². The Morgan fingerprint density at radius 2 is 2.15 bits per heavy atom. The van der Waals surface area contributed by atoms with Crippen molar-refractivity contribution in [2.45, 2.75) is 51.2 Å². The van der Waals surface area contributed by atoms with Crippen LogP contribution in [0.4, 0.5) is 0 Å². The van der Waals surface area contributed by atoms with Crippen LogP contribution in [0.15, 0.2) is 18.6 Å². The first kappa shape index (κ1) is 13.3. The maximum absolute atomic E-state index is 4.72. The van der Waals surface area contributed by atoms with Gasteiger partial charge >= 0.3 is 0 Å². The molecule has 1 saturated carbocycles. The maximum Gasteiger partial charge on any atom is 0.141 e. The highest BCUT2D eigenvalue weighted by Gasteiger charge is 2.16. The van der Waals surface area contributed by atoms with Crippen molar-refractivity contribution in [2.24, 2.45) is 0 Å². The minimum atomic E-state index is 0.588. The maximum atomic E-state index is 4.72. The Hall–Kier alpha value is -1.69. The fourth-order valence-corrected chi connectivity index (χ4v) is 2.88. The van der Waals surface area contributed by atoms with Crippen molar-refractivity contribution in [3.8, 4) is 0 Å². The van der Waals surface area contributed by atoms with Gasteiger partial charge in [0.1, 0.15) is 12.2 Å². The van der Waals surface area contributed by atoms with E-state index >= 15 is 0 Å². The zero-order chi connectivity index (χ0) is 13.8. The summed E-state index contributed by atoms with van der Waals surface area (Å²) in [5.74, 6) is 0.944. The number of hydrogen-bond acceptors (Lipinski definition) is 4. The van der Waals surface area contributed by atoms with Gasteiger partial charge in [0.2, 0.25) is 0 Å². The number of aromatic nitrogens is 5. The average Bonchev–Trinajstić information content (AvgIpc) is 3.11. The molecule has 0 radical (unpaired) electrons. The van der Waals surface area contributed by atoms with E-state index in [1.165, 1.54) is 32.1 Å². The topological polar surface area (TPSA) is 60.6 Å². The van der Waals surface area contributed by atoms with Crippen molar-refractivity contribution in [3.63, 3.8) is 0 Å². The highest BCUT2D eigenvalue weighted by molar-refractivity contribution is 5.02. The zero-order valence-corrected chi connectivity index (χ0v) is 12.0. The van der Waals surface area contributed by atoms with Crippen molar-refractivity contribution in [1.29, 1.82) is 0 Å². The van der Waals surface area contributed by atoms with E-state index in [4.69, 9.17) is 5.10 Å². The lowest BCUT2D eigenvalue weighted by atomic mass is 9.96. The van der Waals surface area contributed by atoms with Crippen molar-refractivity contribution in [3.05, 3.63) is 30.1 Å². The molecule has 20 heavy (non-hydrogen) atoms. The third-order valence-corrected chi connectivity index (χ3v) is 3.95. The predicted molar refractivity (Wildman–Crippen MR) is 76.2 cm³/mol. The van der Waals surface area contributed by atoms with Crippen LogP contribution >= 0.6 is 0 Å². The van der Waals surface area contributed by atoms with Crippen LogP contribution in [0, 0.1) is 0 Å². The fourth-order valence-electron chi connectivity index (χ4n) is 2.88. The summed E-state index contributed by atoms with van der Waals surface area (Å²) < 4.78 is 4.05. The van der Waals surface area contributed by atoms with Crippen molar-refractivity contribution in [2.75, 3.05) is 7.05 Å². The first-order valence-electron chi connectivity index (χ1n) is 7.42. The number of nitrogens with one attached hydrogen (secondary N) is 1. The first-order valence-corrected chi connectivity index (χ1v) is 7.42. The molecule has 1 fully saturated rings. The minimum absolute atomic E-state index is 0.588. The lowest BCUT2D eigenvalue weighted by Gasteiger charge is -2.21. The van der Waals surface area contributed by atoms with Crippen LogP contribution in [0.2, 0.25) is 0 Å². The SMILES string of the molecule is CNCc1ncnn1Cc1ccn(C2CCCCC2)n1. The molecular formula is C14H22N6. The van der Waals surface area contributed by atoms with E-state index in [2.05, 4.69) is 32.3 Å². The largest absolute Gasteiger partial charge is 0.313 e. The Morgan fingerprint density at radius 1 is 1.30 bits per heavy atom. The molecule has 1 N–H and O–H groups in total. The lowest BCUT2D eigenvalue weighted by Crippen LogP contribution is -2.16. The molecule has 6 heteroatoms. The molecule has 0 amide bonds. The van der Waals surface area contributed by atoms with Gasteiger partial charge in [-0.05, 0) is 26.0 Å². The fraction of sp³-hybridized carbons (Fsp3) is 0.643. The molecule has 0 aromatic carbocycles. The van der Waals surface area contributed by atoms with Crippen LogP contribution in [0.3, 0.4) is 0 Å². The van der Waals surface area contributed by atoms with E-state index in [0.717, 1.165) is 18.1 Å². The molecule has 6 nitrogen and oxygen atoms in total. The molecule has 0 unspecified atom stereocenters. The smallest absolute Gasteiger partial charge is 0.141 e. The molecule has 2 aromatic heterocycles. The standard InChI is InChI=1S/C14H22N6/c1-15-9-14-16-11-17-20(14)10-12-7-8-19(18-12)13-5-3-2-4-6-13/h7-8,11,13,15H,2-6,9-10H2,1H3. The van der Waals surface area contributed by atoms with Gasteiger partial charge in [0, 0.05) is 6.20 Å². The van der Waals surface area contributed by atoms with E-state index in [1.807, 2.05) is 11.7 Å². The van der Waals surface area contributed by atoms with Crippen LogP contribution in [0.1, 0.15) is 49.7 Å². The molecule has 0 aliphatic heterocycles. The van der Waals surface area contributed by atoms with Crippen molar-refractivity contribution >= 4 is 0 Å². The van der Waals surface area contributed by atoms with Crippen LogP contribution in [-0.2, 0) is 13.1 Å². The Morgan fingerprint density at radius 3 is 2.95 bits per heavy atom. The second-order valence-electron chi connectivity index (χ2n) is 5.44. The van der Waals surface area contributed by atoms with Crippen LogP contribution < -0.4 is 5.32 Å². The number of hydrogen-bond donors (Lipinski definition) is 1. The predicted octanol–water partition coefficient (Wildman–Crippen LogP) is 1.75. The molecule has 1 aliphatic rings. The molecule has 0 saturated heterocycles. The Balaban J connectivity index is 1.68. The molecule has 3 rings (SSSR count). The molecule has 2 aromatic rings. The van der Waals surface area contributed by atoms with Gasteiger partial charge in [-0.25, -0.2) is 9.67 Å². The molecule has 2 heterocycles. The van der Waals surface area contributed by atoms with E-state index in [1.54, 1.807) is 6.33 Å². The van der Waals surface area contributed by atoms with Crippen LogP contribution in [-0.4, -0.2) is 31.6 Å². The summed E-state index contributed by atoms with van der Waals surface area (Å²) >= 11 is 0. The van der Waals surface area contributed by atoms with Gasteiger partial charge in [-0.3, -0.25) is 4.68 Å².